The van der Waals surface area contributed by atoms with E-state index in [1.165, 1.54) is 23.3 Å². The Kier molecular flexibility index (Phi) is 4.98. The highest BCUT2D eigenvalue weighted by molar-refractivity contribution is 6.00. The third-order valence-electron chi connectivity index (χ3n) is 8.48. The normalized spacial score (nSPS) is 31.9. The molecule has 0 radical (unpaired) electrons. The number of benzene rings is 1. The molecule has 3 aliphatic carbocycles. The topological polar surface area (TPSA) is 68.3 Å². The lowest BCUT2D eigenvalue weighted by Crippen LogP contribution is -2.41. The molecule has 6 rings (SSSR count). The maximum Gasteiger partial charge on any atom is 0.216 e. The van der Waals surface area contributed by atoms with Crippen molar-refractivity contribution in [3.8, 4) is 0 Å². The van der Waals surface area contributed by atoms with Crippen molar-refractivity contribution in [2.45, 2.75) is 51.6 Å². The van der Waals surface area contributed by atoms with Crippen LogP contribution in [0.5, 0.6) is 0 Å². The molecule has 1 aliphatic heterocycles. The number of fused-ring (bicyclic) bond motifs is 4. The lowest BCUT2D eigenvalue weighted by Gasteiger charge is -2.45. The van der Waals surface area contributed by atoms with E-state index in [9.17, 15) is 9.59 Å². The Bertz CT molecular complexity index is 1290. The summed E-state index contributed by atoms with van der Waals surface area (Å²) < 4.78 is 6.65. The van der Waals surface area contributed by atoms with Crippen LogP contribution in [-0.2, 0) is 14.3 Å². The molecule has 1 saturated carbocycles. The molecule has 0 bridgehead atoms. The largest absolute Gasteiger partial charge is 0.489 e. The van der Waals surface area contributed by atoms with Crippen LogP contribution in [0.2, 0.25) is 0 Å². The lowest BCUT2D eigenvalue weighted by atomic mass is 9.64. The van der Waals surface area contributed by atoms with E-state index >= 15 is 0 Å². The monoisotopic (exact) mass is 454 g/mol. The number of nitrogens with one attached hydrogen (secondary N) is 1. The number of nitrogens with zero attached hydrogens (tertiary/aromatic N) is 1. The number of aromatic nitrogens is 1. The summed E-state index contributed by atoms with van der Waals surface area (Å²) in [6.45, 7) is 4.40. The number of allylic oxidation sites excluding steroid dienone is 4. The predicted octanol–water partition coefficient (Wildman–Crippen LogP) is 5.00. The molecule has 1 aromatic carbocycles. The average molecular weight is 455 g/mol. The van der Waals surface area contributed by atoms with Crippen molar-refractivity contribution in [3.05, 3.63) is 77.4 Å². The number of hydrogen-bond donors (Lipinski definition) is 1. The van der Waals surface area contributed by atoms with Gasteiger partial charge in [0.1, 0.15) is 11.9 Å². The molecule has 34 heavy (non-hydrogen) atoms. The molecule has 5 atom stereocenters. The zero-order chi connectivity index (χ0) is 23.4. The van der Waals surface area contributed by atoms with Crippen molar-refractivity contribution in [2.24, 2.45) is 17.3 Å². The van der Waals surface area contributed by atoms with Gasteiger partial charge in [-0.2, -0.15) is 0 Å². The summed E-state index contributed by atoms with van der Waals surface area (Å²) in [5.74, 6) is 1.75. The zero-order valence-electron chi connectivity index (χ0n) is 19.7. The molecule has 2 aromatic rings. The van der Waals surface area contributed by atoms with Crippen molar-refractivity contribution in [2.75, 3.05) is 6.54 Å². The van der Waals surface area contributed by atoms with E-state index in [1.807, 2.05) is 12.4 Å². The van der Waals surface area contributed by atoms with Gasteiger partial charge in [0.15, 0.2) is 5.78 Å². The highest BCUT2D eigenvalue weighted by atomic mass is 16.5. The van der Waals surface area contributed by atoms with Gasteiger partial charge in [0.05, 0.1) is 5.57 Å². The average Bonchev–Trinajstić information content (AvgIpc) is 3.19. The van der Waals surface area contributed by atoms with Gasteiger partial charge in [0.25, 0.3) is 0 Å². The molecule has 1 N–H and O–H groups in total. The molecule has 1 fully saturated rings. The SMILES string of the molecule is CC(=O)NCC1CC(=O)C2=C(C1)O[C@@H]1C(=C2)C=C[C@]2(C)[C@@H](c3ccc4ccncc4c3)CC[C@@H]12. The van der Waals surface area contributed by atoms with Crippen LogP contribution in [0.15, 0.2) is 71.8 Å². The molecule has 174 valence electrons. The standard InChI is InChI=1S/C29H30N2O3/c1-17(32)31-15-18-11-26(33)23-14-21-7-9-29(2)24(5-6-25(29)28(21)34-27(23)12-18)20-4-3-19-8-10-30-16-22(19)13-20/h3-4,7-10,13-14,16,18,24-25,28H,5-6,11-12,15H2,1-2H3,(H,31,32)/t18?,24-,25+,28-,29-/m1/s1. The molecule has 0 saturated heterocycles. The van der Waals surface area contributed by atoms with Crippen LogP contribution in [0.3, 0.4) is 0 Å². The van der Waals surface area contributed by atoms with E-state index in [-0.39, 0.29) is 29.1 Å². The lowest BCUT2D eigenvalue weighted by molar-refractivity contribution is -0.120. The number of pyridine rings is 1. The van der Waals surface area contributed by atoms with E-state index < -0.39 is 0 Å². The number of hydrogen-bond acceptors (Lipinski definition) is 4. The number of carbonyl (C=O) groups excluding carboxylic acids is 2. The summed E-state index contributed by atoms with van der Waals surface area (Å²) in [4.78, 5) is 28.5. The molecule has 1 aromatic heterocycles. The maximum atomic E-state index is 12.9. The molecule has 1 unspecified atom stereocenters. The van der Waals surface area contributed by atoms with Crippen molar-refractivity contribution in [1.82, 2.24) is 10.3 Å². The summed E-state index contributed by atoms with van der Waals surface area (Å²) in [6, 6.07) is 8.84. The van der Waals surface area contributed by atoms with Crippen LogP contribution in [-0.4, -0.2) is 29.3 Å². The van der Waals surface area contributed by atoms with Crippen LogP contribution >= 0.6 is 0 Å². The van der Waals surface area contributed by atoms with E-state index in [2.05, 4.69) is 59.7 Å². The van der Waals surface area contributed by atoms with Crippen molar-refractivity contribution < 1.29 is 14.3 Å². The second-order valence-corrected chi connectivity index (χ2v) is 10.6. The van der Waals surface area contributed by atoms with E-state index in [1.54, 1.807) is 0 Å². The summed E-state index contributed by atoms with van der Waals surface area (Å²) in [7, 11) is 0. The minimum absolute atomic E-state index is 0.00970. The Labute approximate surface area is 200 Å². The van der Waals surface area contributed by atoms with Gasteiger partial charge in [0, 0.05) is 50.0 Å². The summed E-state index contributed by atoms with van der Waals surface area (Å²) in [6.07, 6.45) is 13.8. The van der Waals surface area contributed by atoms with Crippen molar-refractivity contribution in [3.63, 3.8) is 0 Å². The molecule has 1 amide bonds. The first kappa shape index (κ1) is 21.3. The van der Waals surface area contributed by atoms with Gasteiger partial charge in [-0.25, -0.2) is 0 Å². The molecule has 4 aliphatic rings. The summed E-state index contributed by atoms with van der Waals surface area (Å²) >= 11 is 0. The number of Topliss-reactive ketones (excluding diaryl/α,β-unsaturated/α-hetero) is 1. The maximum absolute atomic E-state index is 12.9. The van der Waals surface area contributed by atoms with Gasteiger partial charge in [-0.3, -0.25) is 14.6 Å². The fraction of sp³-hybridized carbons (Fsp3) is 0.414. The van der Waals surface area contributed by atoms with Crippen molar-refractivity contribution in [1.29, 1.82) is 0 Å². The van der Waals surface area contributed by atoms with Gasteiger partial charge in [-0.15, -0.1) is 0 Å². The third kappa shape index (κ3) is 3.41. The van der Waals surface area contributed by atoms with E-state index in [0.717, 1.165) is 29.7 Å². The highest BCUT2D eigenvalue weighted by Gasteiger charge is 2.53. The Morgan fingerprint density at radius 1 is 1.21 bits per heavy atom. The highest BCUT2D eigenvalue weighted by Crippen LogP contribution is 2.59. The number of rotatable bonds is 3. The van der Waals surface area contributed by atoms with Gasteiger partial charge >= 0.3 is 0 Å². The molecular weight excluding hydrogens is 424 g/mol. The van der Waals surface area contributed by atoms with Gasteiger partial charge in [-0.05, 0) is 64.8 Å². The van der Waals surface area contributed by atoms with Gasteiger partial charge in [0.2, 0.25) is 5.91 Å². The summed E-state index contributed by atoms with van der Waals surface area (Å²) in [5.41, 5.74) is 3.21. The Hall–Kier alpha value is -3.21. The molecule has 5 heteroatoms. The Morgan fingerprint density at radius 2 is 2.09 bits per heavy atom. The summed E-state index contributed by atoms with van der Waals surface area (Å²) in [5, 5.41) is 5.27. The second-order valence-electron chi connectivity index (χ2n) is 10.6. The van der Waals surface area contributed by atoms with Crippen LogP contribution in [0.25, 0.3) is 10.8 Å². The molecule has 2 heterocycles. The van der Waals surface area contributed by atoms with Crippen LogP contribution in [0, 0.1) is 17.3 Å². The first-order valence-electron chi connectivity index (χ1n) is 12.3. The van der Waals surface area contributed by atoms with Gasteiger partial charge < -0.3 is 10.1 Å². The smallest absolute Gasteiger partial charge is 0.216 e. The third-order valence-corrected chi connectivity index (χ3v) is 8.48. The fourth-order valence-electron chi connectivity index (χ4n) is 6.67. The molecular formula is C29H30N2O3. The number of amides is 1. The fourth-order valence-corrected chi connectivity index (χ4v) is 6.67. The van der Waals surface area contributed by atoms with Crippen LogP contribution in [0.1, 0.15) is 51.0 Å². The predicted molar refractivity (Wildman–Crippen MR) is 131 cm³/mol. The van der Waals surface area contributed by atoms with Crippen LogP contribution in [0.4, 0.5) is 0 Å². The Balaban J connectivity index is 1.29. The number of carbonyl (C=O) groups is 2. The quantitative estimate of drug-likeness (QED) is 0.709. The molecule has 5 nitrogen and oxygen atoms in total. The Morgan fingerprint density at radius 3 is 2.94 bits per heavy atom. The zero-order valence-corrected chi connectivity index (χ0v) is 19.7. The van der Waals surface area contributed by atoms with E-state index in [4.69, 9.17) is 4.74 Å². The van der Waals surface area contributed by atoms with E-state index in [0.29, 0.717) is 31.2 Å². The van der Waals surface area contributed by atoms with Crippen molar-refractivity contribution >= 4 is 22.5 Å². The number of ether oxygens (including phenoxy) is 1. The molecule has 0 spiro atoms. The minimum atomic E-state index is -0.0615. The first-order chi connectivity index (χ1) is 16.4. The number of ketones is 1. The van der Waals surface area contributed by atoms with Crippen LogP contribution < -0.4 is 5.32 Å². The second kappa shape index (κ2) is 7.93. The minimum Gasteiger partial charge on any atom is -0.489 e. The van der Waals surface area contributed by atoms with Gasteiger partial charge in [-0.1, -0.05) is 31.2 Å². The first-order valence-corrected chi connectivity index (χ1v) is 12.3.